The SMILES string of the molecule is Fc1cc(CNC2CC2)cc(F)c1N1CCSCC1. The van der Waals surface area contributed by atoms with Gasteiger partial charge in [0.05, 0.1) is 0 Å². The van der Waals surface area contributed by atoms with E-state index in [1.807, 2.05) is 16.7 Å². The molecule has 2 fully saturated rings. The molecule has 0 amide bonds. The van der Waals surface area contributed by atoms with E-state index in [1.54, 1.807) is 0 Å². The van der Waals surface area contributed by atoms with E-state index in [0.29, 0.717) is 18.2 Å². The Morgan fingerprint density at radius 3 is 2.37 bits per heavy atom. The van der Waals surface area contributed by atoms with Crippen LogP contribution in [-0.4, -0.2) is 30.6 Å². The van der Waals surface area contributed by atoms with Gasteiger partial charge in [-0.3, -0.25) is 0 Å². The molecule has 1 aliphatic carbocycles. The van der Waals surface area contributed by atoms with Crippen molar-refractivity contribution in [1.29, 1.82) is 0 Å². The van der Waals surface area contributed by atoms with Gasteiger partial charge in [-0.15, -0.1) is 0 Å². The van der Waals surface area contributed by atoms with Gasteiger partial charge in [0.15, 0.2) is 0 Å². The molecule has 1 saturated carbocycles. The smallest absolute Gasteiger partial charge is 0.149 e. The lowest BCUT2D eigenvalue weighted by Gasteiger charge is -2.29. The van der Waals surface area contributed by atoms with Gasteiger partial charge < -0.3 is 10.2 Å². The van der Waals surface area contributed by atoms with Crippen LogP contribution in [0.1, 0.15) is 18.4 Å². The molecule has 5 heteroatoms. The lowest BCUT2D eigenvalue weighted by atomic mass is 10.1. The minimum atomic E-state index is -0.431. The maximum atomic E-state index is 14.1. The summed E-state index contributed by atoms with van der Waals surface area (Å²) in [5, 5.41) is 3.28. The summed E-state index contributed by atoms with van der Waals surface area (Å²) in [5.41, 5.74) is 0.840. The second-order valence-corrected chi connectivity index (χ2v) is 6.39. The van der Waals surface area contributed by atoms with Crippen molar-refractivity contribution in [3.63, 3.8) is 0 Å². The molecular weight excluding hydrogens is 266 g/mol. The second kappa shape index (κ2) is 5.67. The number of nitrogens with zero attached hydrogens (tertiary/aromatic N) is 1. The Balaban J connectivity index is 1.75. The average Bonchev–Trinajstić information content (AvgIpc) is 3.21. The fraction of sp³-hybridized carbons (Fsp3) is 0.571. The number of nitrogens with one attached hydrogen (secondary N) is 1. The van der Waals surface area contributed by atoms with Crippen LogP contribution < -0.4 is 10.2 Å². The number of rotatable bonds is 4. The summed E-state index contributed by atoms with van der Waals surface area (Å²) in [5.74, 6) is 1.01. The molecule has 0 atom stereocenters. The molecule has 104 valence electrons. The van der Waals surface area contributed by atoms with E-state index in [9.17, 15) is 8.78 Å². The molecule has 0 spiro atoms. The molecule has 0 bridgehead atoms. The molecule has 19 heavy (non-hydrogen) atoms. The van der Waals surface area contributed by atoms with Gasteiger partial charge in [-0.2, -0.15) is 11.8 Å². The highest BCUT2D eigenvalue weighted by molar-refractivity contribution is 7.99. The van der Waals surface area contributed by atoms with Crippen LogP contribution in [0.2, 0.25) is 0 Å². The van der Waals surface area contributed by atoms with Gasteiger partial charge in [-0.1, -0.05) is 0 Å². The summed E-state index contributed by atoms with van der Waals surface area (Å²) in [6, 6.07) is 3.48. The van der Waals surface area contributed by atoms with Gasteiger partial charge >= 0.3 is 0 Å². The van der Waals surface area contributed by atoms with Crippen LogP contribution in [0, 0.1) is 11.6 Å². The number of halogens is 2. The van der Waals surface area contributed by atoms with Crippen molar-refractivity contribution in [2.45, 2.75) is 25.4 Å². The van der Waals surface area contributed by atoms with Crippen molar-refractivity contribution in [1.82, 2.24) is 5.32 Å². The zero-order valence-electron chi connectivity index (χ0n) is 10.8. The Labute approximate surface area is 116 Å². The van der Waals surface area contributed by atoms with E-state index >= 15 is 0 Å². The van der Waals surface area contributed by atoms with Crippen LogP contribution >= 0.6 is 11.8 Å². The standard InChI is InChI=1S/C14H18F2N2S/c15-12-7-10(9-17-11-1-2-11)8-13(16)14(12)18-3-5-19-6-4-18/h7-8,11,17H,1-6,9H2. The van der Waals surface area contributed by atoms with Gasteiger partial charge in [0.1, 0.15) is 17.3 Å². The van der Waals surface area contributed by atoms with Crippen LogP contribution in [0.15, 0.2) is 12.1 Å². The molecule has 1 aromatic carbocycles. The molecule has 1 saturated heterocycles. The number of hydrogen-bond acceptors (Lipinski definition) is 3. The predicted octanol–water partition coefficient (Wildman–Crippen LogP) is 2.77. The summed E-state index contributed by atoms with van der Waals surface area (Å²) in [7, 11) is 0. The summed E-state index contributed by atoms with van der Waals surface area (Å²) < 4.78 is 28.2. The number of benzene rings is 1. The Morgan fingerprint density at radius 1 is 1.16 bits per heavy atom. The first-order valence-electron chi connectivity index (χ1n) is 6.78. The van der Waals surface area contributed by atoms with Gasteiger partial charge in [0.25, 0.3) is 0 Å². The monoisotopic (exact) mass is 284 g/mol. The van der Waals surface area contributed by atoms with Crippen LogP contribution in [0.5, 0.6) is 0 Å². The first-order valence-corrected chi connectivity index (χ1v) is 7.93. The summed E-state index contributed by atoms with van der Waals surface area (Å²) in [6.45, 7) is 1.99. The second-order valence-electron chi connectivity index (χ2n) is 5.16. The third-order valence-corrected chi connectivity index (χ3v) is 4.52. The lowest BCUT2D eigenvalue weighted by Crippen LogP contribution is -2.34. The first kappa shape index (κ1) is 13.2. The molecule has 2 nitrogen and oxygen atoms in total. The van der Waals surface area contributed by atoms with Crippen molar-refractivity contribution in [3.05, 3.63) is 29.3 Å². The Kier molecular flexibility index (Phi) is 3.93. The molecule has 3 rings (SSSR count). The number of hydrogen-bond donors (Lipinski definition) is 1. The predicted molar refractivity (Wildman–Crippen MR) is 75.8 cm³/mol. The molecule has 0 radical (unpaired) electrons. The van der Waals surface area contributed by atoms with Crippen LogP contribution in [-0.2, 0) is 6.54 Å². The van der Waals surface area contributed by atoms with Crippen molar-refractivity contribution >= 4 is 17.4 Å². The van der Waals surface area contributed by atoms with Gasteiger partial charge in [-0.05, 0) is 30.5 Å². The third-order valence-electron chi connectivity index (χ3n) is 3.58. The van der Waals surface area contributed by atoms with Crippen LogP contribution in [0.25, 0.3) is 0 Å². The maximum Gasteiger partial charge on any atom is 0.149 e. The molecule has 1 N–H and O–H groups in total. The first-order chi connectivity index (χ1) is 9.24. The van der Waals surface area contributed by atoms with E-state index in [1.165, 1.54) is 25.0 Å². The van der Waals surface area contributed by atoms with Crippen molar-refractivity contribution in [3.8, 4) is 0 Å². The van der Waals surface area contributed by atoms with E-state index in [0.717, 1.165) is 24.6 Å². The lowest BCUT2D eigenvalue weighted by molar-refractivity contribution is 0.566. The Hall–Kier alpha value is -0.810. The topological polar surface area (TPSA) is 15.3 Å². The maximum absolute atomic E-state index is 14.1. The van der Waals surface area contributed by atoms with Crippen LogP contribution in [0.4, 0.5) is 14.5 Å². The highest BCUT2D eigenvalue weighted by Crippen LogP contribution is 2.28. The summed E-state index contributed by atoms with van der Waals surface area (Å²) in [4.78, 5) is 1.82. The highest BCUT2D eigenvalue weighted by atomic mass is 32.2. The molecule has 0 aromatic heterocycles. The molecule has 1 heterocycles. The van der Waals surface area contributed by atoms with E-state index < -0.39 is 11.6 Å². The largest absolute Gasteiger partial charge is 0.365 e. The quantitative estimate of drug-likeness (QED) is 0.915. The Bertz CT molecular complexity index is 434. The van der Waals surface area contributed by atoms with Crippen molar-refractivity contribution in [2.24, 2.45) is 0 Å². The molecule has 1 aliphatic heterocycles. The zero-order chi connectivity index (χ0) is 13.2. The van der Waals surface area contributed by atoms with Crippen LogP contribution in [0.3, 0.4) is 0 Å². The summed E-state index contributed by atoms with van der Waals surface area (Å²) >= 11 is 1.83. The minimum absolute atomic E-state index is 0.149. The van der Waals surface area contributed by atoms with E-state index in [4.69, 9.17) is 0 Å². The molecule has 1 aromatic rings. The van der Waals surface area contributed by atoms with Crippen molar-refractivity contribution < 1.29 is 8.78 Å². The zero-order valence-corrected chi connectivity index (χ0v) is 11.6. The summed E-state index contributed by atoms with van der Waals surface area (Å²) in [6.07, 6.45) is 2.35. The molecular formula is C14H18F2N2S. The highest BCUT2D eigenvalue weighted by Gasteiger charge is 2.22. The van der Waals surface area contributed by atoms with E-state index in [2.05, 4.69) is 5.32 Å². The number of thioether (sulfide) groups is 1. The fourth-order valence-corrected chi connectivity index (χ4v) is 3.26. The van der Waals surface area contributed by atoms with Crippen molar-refractivity contribution in [2.75, 3.05) is 29.5 Å². The normalized spacial score (nSPS) is 19.8. The van der Waals surface area contributed by atoms with Gasteiger partial charge in [0, 0.05) is 37.2 Å². The number of anilines is 1. The Morgan fingerprint density at radius 2 is 1.79 bits per heavy atom. The fourth-order valence-electron chi connectivity index (χ4n) is 2.36. The molecule has 0 unspecified atom stereocenters. The van der Waals surface area contributed by atoms with E-state index in [-0.39, 0.29) is 5.69 Å². The average molecular weight is 284 g/mol. The molecule has 2 aliphatic rings. The minimum Gasteiger partial charge on any atom is -0.365 e. The van der Waals surface area contributed by atoms with Gasteiger partial charge in [-0.25, -0.2) is 8.78 Å². The van der Waals surface area contributed by atoms with Gasteiger partial charge in [0.2, 0.25) is 0 Å². The third kappa shape index (κ3) is 3.20.